The molecule has 35 heavy (non-hydrogen) atoms. The van der Waals surface area contributed by atoms with Gasteiger partial charge in [0.05, 0.1) is 30.8 Å². The summed E-state index contributed by atoms with van der Waals surface area (Å²) in [5.41, 5.74) is 2.10. The third-order valence-electron chi connectivity index (χ3n) is 6.21. The Labute approximate surface area is 202 Å². The van der Waals surface area contributed by atoms with E-state index in [2.05, 4.69) is 15.6 Å². The minimum absolute atomic E-state index is 0.000757. The number of nitrogens with one attached hydrogen (secondary N) is 2. The minimum Gasteiger partial charge on any atom is -0.375 e. The highest BCUT2D eigenvalue weighted by Gasteiger charge is 2.22. The van der Waals surface area contributed by atoms with Crippen LogP contribution in [0.3, 0.4) is 0 Å². The van der Waals surface area contributed by atoms with Crippen LogP contribution < -0.4 is 10.6 Å². The molecule has 1 aliphatic rings. The minimum atomic E-state index is -0.492. The van der Waals surface area contributed by atoms with E-state index < -0.39 is 23.4 Å². The van der Waals surface area contributed by atoms with Gasteiger partial charge in [0, 0.05) is 30.5 Å². The van der Waals surface area contributed by atoms with Gasteiger partial charge in [0.15, 0.2) is 0 Å². The standard InChI is InChI=1S/C27H28F3N3O2/c1-17-16-35-22(13-32-17)10-11-23-25(30)14-31-15-26(23)33-27(34)12-24(18-2-6-20(28)7-3-18)19-4-8-21(29)9-5-19/h2-9,14-15,17,22,24,32H,10-13,16H2,1H3,(H,33,34)/t17-,22-/m1/s1. The van der Waals surface area contributed by atoms with Gasteiger partial charge in [-0.05, 0) is 55.2 Å². The zero-order valence-electron chi connectivity index (χ0n) is 19.4. The molecular weight excluding hydrogens is 455 g/mol. The molecule has 1 amide bonds. The number of rotatable bonds is 8. The molecule has 184 valence electrons. The van der Waals surface area contributed by atoms with Gasteiger partial charge in [0.1, 0.15) is 17.5 Å². The highest BCUT2D eigenvalue weighted by Crippen LogP contribution is 2.30. The molecule has 0 bridgehead atoms. The molecule has 8 heteroatoms. The molecule has 0 radical (unpaired) electrons. The summed E-state index contributed by atoms with van der Waals surface area (Å²) in [6.45, 7) is 3.32. The average Bonchev–Trinajstić information content (AvgIpc) is 2.84. The van der Waals surface area contributed by atoms with E-state index in [0.717, 1.165) is 6.20 Å². The molecule has 5 nitrogen and oxygen atoms in total. The maximum absolute atomic E-state index is 14.6. The maximum Gasteiger partial charge on any atom is 0.225 e. The summed E-state index contributed by atoms with van der Waals surface area (Å²) in [4.78, 5) is 17.0. The number of hydrogen-bond acceptors (Lipinski definition) is 4. The lowest BCUT2D eigenvalue weighted by Crippen LogP contribution is -2.44. The molecule has 0 unspecified atom stereocenters. The Kier molecular flexibility index (Phi) is 8.15. The number of amides is 1. The zero-order chi connectivity index (χ0) is 24.8. The number of carbonyl (C=O) groups is 1. The van der Waals surface area contributed by atoms with Crippen molar-refractivity contribution in [1.29, 1.82) is 0 Å². The molecule has 2 N–H and O–H groups in total. The molecule has 4 rings (SSSR count). The van der Waals surface area contributed by atoms with Crippen molar-refractivity contribution in [1.82, 2.24) is 10.3 Å². The van der Waals surface area contributed by atoms with E-state index in [9.17, 15) is 18.0 Å². The molecule has 2 aromatic carbocycles. The second-order valence-corrected chi connectivity index (χ2v) is 8.86. The van der Waals surface area contributed by atoms with Crippen molar-refractivity contribution in [3.05, 3.63) is 95.1 Å². The molecule has 1 aromatic heterocycles. The number of carbonyl (C=O) groups excluding carboxylic acids is 1. The van der Waals surface area contributed by atoms with Crippen LogP contribution in [0.2, 0.25) is 0 Å². The second-order valence-electron chi connectivity index (χ2n) is 8.86. The van der Waals surface area contributed by atoms with Gasteiger partial charge in [0.25, 0.3) is 0 Å². The summed E-state index contributed by atoms with van der Waals surface area (Å²) in [6, 6.07) is 12.0. The molecule has 2 heterocycles. The van der Waals surface area contributed by atoms with E-state index in [0.29, 0.717) is 48.4 Å². The van der Waals surface area contributed by atoms with Crippen molar-refractivity contribution in [2.24, 2.45) is 0 Å². The number of nitrogens with zero attached hydrogens (tertiary/aromatic N) is 1. The van der Waals surface area contributed by atoms with Crippen LogP contribution in [0.25, 0.3) is 0 Å². The second kappa shape index (κ2) is 11.5. The van der Waals surface area contributed by atoms with Crippen LogP contribution in [-0.2, 0) is 16.0 Å². The number of halogens is 3. The number of aromatic nitrogens is 1. The Morgan fingerprint density at radius 2 is 1.69 bits per heavy atom. The number of pyridine rings is 1. The Morgan fingerprint density at radius 1 is 1.06 bits per heavy atom. The normalized spacial score (nSPS) is 18.0. The third kappa shape index (κ3) is 6.68. The smallest absolute Gasteiger partial charge is 0.225 e. The van der Waals surface area contributed by atoms with Crippen molar-refractivity contribution in [3.63, 3.8) is 0 Å². The van der Waals surface area contributed by atoms with Crippen LogP contribution in [-0.4, -0.2) is 36.2 Å². The van der Waals surface area contributed by atoms with Gasteiger partial charge < -0.3 is 15.4 Å². The highest BCUT2D eigenvalue weighted by molar-refractivity contribution is 5.92. The number of hydrogen-bond donors (Lipinski definition) is 2. The van der Waals surface area contributed by atoms with Crippen LogP contribution in [0.1, 0.15) is 42.4 Å². The zero-order valence-corrected chi connectivity index (χ0v) is 19.4. The maximum atomic E-state index is 14.6. The van der Waals surface area contributed by atoms with Gasteiger partial charge in [-0.15, -0.1) is 0 Å². The number of ether oxygens (including phenoxy) is 1. The highest BCUT2D eigenvalue weighted by atomic mass is 19.1. The van der Waals surface area contributed by atoms with Crippen molar-refractivity contribution in [3.8, 4) is 0 Å². The van der Waals surface area contributed by atoms with Crippen molar-refractivity contribution in [2.75, 3.05) is 18.5 Å². The quantitative estimate of drug-likeness (QED) is 0.475. The SMILES string of the molecule is C[C@@H]1CO[C@H](CCc2c(F)cncc2NC(=O)CC(c2ccc(F)cc2)c2ccc(F)cc2)CN1. The number of morpholine rings is 1. The summed E-state index contributed by atoms with van der Waals surface area (Å²) < 4.78 is 47.4. The lowest BCUT2D eigenvalue weighted by molar-refractivity contribution is -0.116. The summed E-state index contributed by atoms with van der Waals surface area (Å²) in [6.07, 6.45) is 3.50. The van der Waals surface area contributed by atoms with Gasteiger partial charge in [-0.2, -0.15) is 0 Å². The van der Waals surface area contributed by atoms with Gasteiger partial charge in [-0.25, -0.2) is 13.2 Å². The topological polar surface area (TPSA) is 63.2 Å². The molecule has 1 saturated heterocycles. The van der Waals surface area contributed by atoms with Crippen LogP contribution in [0.5, 0.6) is 0 Å². The summed E-state index contributed by atoms with van der Waals surface area (Å²) in [5.74, 6) is -2.07. The van der Waals surface area contributed by atoms with Gasteiger partial charge in [0.2, 0.25) is 5.91 Å². The first-order valence-electron chi connectivity index (χ1n) is 11.7. The van der Waals surface area contributed by atoms with Crippen LogP contribution in [0.15, 0.2) is 60.9 Å². The molecule has 0 aliphatic carbocycles. The lowest BCUT2D eigenvalue weighted by Gasteiger charge is -2.28. The van der Waals surface area contributed by atoms with E-state index in [1.165, 1.54) is 30.5 Å². The van der Waals surface area contributed by atoms with Gasteiger partial charge in [-0.3, -0.25) is 9.78 Å². The van der Waals surface area contributed by atoms with Crippen LogP contribution in [0, 0.1) is 17.5 Å². The number of benzene rings is 2. The molecule has 3 aromatic rings. The fourth-order valence-corrected chi connectivity index (χ4v) is 4.25. The van der Waals surface area contributed by atoms with Crippen molar-refractivity contribution in [2.45, 2.75) is 44.2 Å². The summed E-state index contributed by atoms with van der Waals surface area (Å²) >= 11 is 0. The third-order valence-corrected chi connectivity index (χ3v) is 6.21. The molecule has 0 spiro atoms. The van der Waals surface area contributed by atoms with E-state index in [1.54, 1.807) is 24.3 Å². The first-order chi connectivity index (χ1) is 16.9. The Morgan fingerprint density at radius 3 is 2.26 bits per heavy atom. The first-order valence-corrected chi connectivity index (χ1v) is 11.7. The molecule has 0 saturated carbocycles. The number of anilines is 1. The van der Waals surface area contributed by atoms with Crippen LogP contribution in [0.4, 0.5) is 18.9 Å². The van der Waals surface area contributed by atoms with Crippen molar-refractivity contribution >= 4 is 11.6 Å². The van der Waals surface area contributed by atoms with Crippen LogP contribution >= 0.6 is 0 Å². The predicted molar refractivity (Wildman–Crippen MR) is 128 cm³/mol. The van der Waals surface area contributed by atoms with Crippen molar-refractivity contribution < 1.29 is 22.7 Å². The first kappa shape index (κ1) is 24.9. The summed E-state index contributed by atoms with van der Waals surface area (Å²) in [7, 11) is 0. The fourth-order valence-electron chi connectivity index (χ4n) is 4.25. The molecule has 1 fully saturated rings. The van der Waals surface area contributed by atoms with E-state index >= 15 is 0 Å². The summed E-state index contributed by atoms with van der Waals surface area (Å²) in [5, 5.41) is 6.13. The Bertz CT molecular complexity index is 1090. The predicted octanol–water partition coefficient (Wildman–Crippen LogP) is 4.97. The lowest BCUT2D eigenvalue weighted by atomic mass is 9.88. The molecular formula is C27H28F3N3O2. The Balaban J connectivity index is 1.49. The van der Waals surface area contributed by atoms with E-state index in [-0.39, 0.29) is 24.5 Å². The Hall–Kier alpha value is -3.23. The molecule has 1 aliphatic heterocycles. The van der Waals surface area contributed by atoms with Gasteiger partial charge in [-0.1, -0.05) is 24.3 Å². The monoisotopic (exact) mass is 483 g/mol. The van der Waals surface area contributed by atoms with Gasteiger partial charge >= 0.3 is 0 Å². The average molecular weight is 484 g/mol. The van der Waals surface area contributed by atoms with E-state index in [1.807, 2.05) is 6.92 Å². The molecule has 2 atom stereocenters. The fraction of sp³-hybridized carbons (Fsp3) is 0.333. The largest absolute Gasteiger partial charge is 0.375 e. The van der Waals surface area contributed by atoms with E-state index in [4.69, 9.17) is 4.74 Å².